The van der Waals surface area contributed by atoms with Crippen LogP contribution in [0.2, 0.25) is 0 Å². The molecule has 17 aromatic rings. The Kier molecular flexibility index (Phi) is 16.1. The lowest BCUT2D eigenvalue weighted by Gasteiger charge is -2.46. The summed E-state index contributed by atoms with van der Waals surface area (Å²) in [5.41, 5.74) is 33.4. The first-order chi connectivity index (χ1) is 53.9. The predicted molar refractivity (Wildman–Crippen MR) is 469 cm³/mol. The van der Waals surface area contributed by atoms with Crippen molar-refractivity contribution in [1.82, 2.24) is 9.13 Å². The van der Waals surface area contributed by atoms with Crippen LogP contribution in [0, 0.1) is 17.9 Å². The average Bonchev–Trinajstić information content (AvgIpc) is 0.752. The van der Waals surface area contributed by atoms with Crippen LogP contribution in [0.4, 0.5) is 39.8 Å². The highest BCUT2D eigenvalue weighted by Gasteiger charge is 2.47. The van der Waals surface area contributed by atoms with Crippen LogP contribution in [0.1, 0.15) is 84.6 Å². The number of benzene rings is 15. The molecule has 0 unspecified atom stereocenters. The van der Waals surface area contributed by atoms with Gasteiger partial charge in [0.25, 0.3) is 6.71 Å². The highest BCUT2D eigenvalue weighted by atomic mass is 15.2. The minimum absolute atomic E-state index is 0.183. The number of hydrogen-bond donors (Lipinski definition) is 0. The molecule has 15 aromatic carbocycles. The van der Waals surface area contributed by atoms with Gasteiger partial charge in [0, 0.05) is 77.9 Å². The molecule has 2 aliphatic rings. The highest BCUT2D eigenvalue weighted by Crippen LogP contribution is 2.56. The fourth-order valence-corrected chi connectivity index (χ4v) is 17.5. The molecule has 2 aromatic heterocycles. The van der Waals surface area contributed by atoms with E-state index in [0.717, 1.165) is 134 Å². The Morgan fingerprint density at radius 3 is 1.03 bits per heavy atom. The molecule has 19 rings (SSSR count). The molecule has 0 saturated heterocycles. The van der Waals surface area contributed by atoms with Crippen LogP contribution in [0.5, 0.6) is 0 Å². The van der Waals surface area contributed by atoms with Crippen LogP contribution < -0.4 is 26.2 Å². The van der Waals surface area contributed by atoms with Crippen LogP contribution in [0.3, 0.4) is 0 Å². The van der Waals surface area contributed by atoms with Crippen molar-refractivity contribution < 1.29 is 0 Å². The summed E-state index contributed by atoms with van der Waals surface area (Å²) in [5, 5.41) is 15.0. The largest absolute Gasteiger partial charge is 0.310 e. The fourth-order valence-electron chi connectivity index (χ4n) is 17.5. The maximum absolute atomic E-state index is 10.3. The Labute approximate surface area is 650 Å². The number of hydrogen-bond acceptors (Lipinski definition) is 3. The second kappa shape index (κ2) is 26.2. The molecule has 0 bridgehead atoms. The van der Waals surface area contributed by atoms with E-state index in [9.17, 15) is 5.26 Å². The average molecular weight is 1430 g/mol. The number of anilines is 6. The number of aromatic nitrogens is 2. The molecule has 6 nitrogen and oxygen atoms in total. The van der Waals surface area contributed by atoms with Gasteiger partial charge in [0.05, 0.1) is 51.6 Å². The summed E-state index contributed by atoms with van der Waals surface area (Å²) in [5.74, 6) is 0. The molecule has 0 N–H and O–H groups in total. The van der Waals surface area contributed by atoms with Crippen molar-refractivity contribution in [1.29, 1.82) is 5.26 Å². The van der Waals surface area contributed by atoms with Gasteiger partial charge in [-0.15, -0.1) is 0 Å². The van der Waals surface area contributed by atoms with E-state index in [-0.39, 0.29) is 17.5 Å². The lowest BCUT2D eigenvalue weighted by Crippen LogP contribution is -2.61. The highest BCUT2D eigenvalue weighted by molar-refractivity contribution is 7.00. The molecule has 0 fully saturated rings. The van der Waals surface area contributed by atoms with Gasteiger partial charge in [-0.3, -0.25) is 0 Å². The molecule has 4 heterocycles. The summed E-state index contributed by atoms with van der Waals surface area (Å²) < 4.78 is 4.96. The second-order valence-electron chi connectivity index (χ2n) is 33.1. The molecule has 0 aliphatic carbocycles. The molecule has 0 saturated carbocycles. The summed E-state index contributed by atoms with van der Waals surface area (Å²) in [7, 11) is 0. The predicted octanol–water partition coefficient (Wildman–Crippen LogP) is 26.3. The molecule has 7 heteroatoms. The number of nitrogens with zero attached hydrogens (tertiary/aromatic N) is 6. The molecule has 2 aliphatic heterocycles. The third kappa shape index (κ3) is 11.4. The Balaban J connectivity index is 1.01. The molecule has 530 valence electrons. The van der Waals surface area contributed by atoms with Gasteiger partial charge in [-0.2, -0.15) is 5.26 Å². The van der Waals surface area contributed by atoms with Crippen molar-refractivity contribution in [3.63, 3.8) is 0 Å². The zero-order chi connectivity index (χ0) is 75.8. The monoisotopic (exact) mass is 1420 g/mol. The van der Waals surface area contributed by atoms with Gasteiger partial charge < -0.3 is 18.9 Å². The summed E-state index contributed by atoms with van der Waals surface area (Å²) in [6.07, 6.45) is 0. The minimum atomic E-state index is -0.409. The minimum Gasteiger partial charge on any atom is -0.310 e. The Hall–Kier alpha value is -13.5. The van der Waals surface area contributed by atoms with Crippen molar-refractivity contribution >= 4 is 107 Å². The van der Waals surface area contributed by atoms with E-state index in [1.165, 1.54) is 54.6 Å². The Morgan fingerprint density at radius 1 is 0.306 bits per heavy atom. The maximum Gasteiger partial charge on any atom is 0.252 e. The van der Waals surface area contributed by atoms with Crippen LogP contribution in [0.15, 0.2) is 328 Å². The Morgan fingerprint density at radius 2 is 0.658 bits per heavy atom. The van der Waals surface area contributed by atoms with E-state index in [2.05, 4.69) is 395 Å². The van der Waals surface area contributed by atoms with Gasteiger partial charge >= 0.3 is 0 Å². The van der Waals surface area contributed by atoms with Crippen LogP contribution >= 0.6 is 0 Å². The molecule has 0 spiro atoms. The maximum atomic E-state index is 10.3. The van der Waals surface area contributed by atoms with Gasteiger partial charge in [0.15, 0.2) is 5.69 Å². The van der Waals surface area contributed by atoms with Crippen molar-refractivity contribution in [2.45, 2.75) is 78.6 Å². The number of para-hydroxylation sites is 4. The normalized spacial score (nSPS) is 12.7. The first kappa shape index (κ1) is 68.1. The fraction of sp³-hybridized carbons (Fsp3) is 0.115. The topological polar surface area (TPSA) is 44.5 Å². The summed E-state index contributed by atoms with van der Waals surface area (Å²) in [4.78, 5) is 9.26. The van der Waals surface area contributed by atoms with E-state index in [1.54, 1.807) is 0 Å². The third-order valence-electron chi connectivity index (χ3n) is 23.2. The van der Waals surface area contributed by atoms with Gasteiger partial charge in [-0.05, 0) is 191 Å². The van der Waals surface area contributed by atoms with Gasteiger partial charge in [-0.1, -0.05) is 293 Å². The molecule has 111 heavy (non-hydrogen) atoms. The second-order valence-corrected chi connectivity index (χ2v) is 33.1. The summed E-state index contributed by atoms with van der Waals surface area (Å²) >= 11 is 0. The summed E-state index contributed by atoms with van der Waals surface area (Å²) in [6.45, 7) is 28.7. The van der Waals surface area contributed by atoms with Crippen molar-refractivity contribution in [2.24, 2.45) is 0 Å². The number of rotatable bonds is 10. The smallest absolute Gasteiger partial charge is 0.252 e. The number of nitriles is 1. The van der Waals surface area contributed by atoms with Crippen molar-refractivity contribution in [3.05, 3.63) is 361 Å². The van der Waals surface area contributed by atoms with E-state index >= 15 is 0 Å². The first-order valence-corrected chi connectivity index (χ1v) is 38.6. The molecule has 0 radical (unpaired) electrons. The Bertz CT molecular complexity index is 6220. The molecule has 0 amide bonds. The van der Waals surface area contributed by atoms with E-state index < -0.39 is 5.41 Å². The summed E-state index contributed by atoms with van der Waals surface area (Å²) in [6, 6.07) is 124. The molecule has 0 atom stereocenters. The standard InChI is InChI=1S/C104H81BN6/c1-102(2,3)75-33-25-31-71(55-75)87-59-73(67-45-43-66(65-106)44-46-67)57-85(69-27-13-11-14-28-69)100(87)110-95-63-79(108-91-39-21-17-35-81(91)82-36-18-22-40-92(82)108)51-53-89(95)105-90-54-52-80(109-93-41-23-19-37-83(93)84-38-20-24-42-94(84)109)64-96(90)111(98-62-77(104(7,8)9)61-97(110)99(98)105)101-86(70-29-15-12-16-30-70)58-74(68-47-49-78(107-10)50-48-68)60-88(101)72-32-26-34-76(56-72)103(4,5)6/h11-64H,1-9H3. The van der Waals surface area contributed by atoms with Crippen LogP contribution in [-0.2, 0) is 16.2 Å². The van der Waals surface area contributed by atoms with E-state index in [1.807, 2.05) is 24.3 Å². The van der Waals surface area contributed by atoms with E-state index in [4.69, 9.17) is 6.57 Å². The molecular formula is C104H81BN6. The third-order valence-corrected chi connectivity index (χ3v) is 23.2. The zero-order valence-electron chi connectivity index (χ0n) is 63.9. The van der Waals surface area contributed by atoms with E-state index in [0.29, 0.717) is 11.3 Å². The van der Waals surface area contributed by atoms with Gasteiger partial charge in [0.2, 0.25) is 0 Å². The lowest BCUT2D eigenvalue weighted by molar-refractivity contribution is 0.590. The zero-order valence-corrected chi connectivity index (χ0v) is 63.9. The van der Waals surface area contributed by atoms with Crippen LogP contribution in [-0.4, -0.2) is 15.8 Å². The lowest BCUT2D eigenvalue weighted by atomic mass is 9.33. The molecular weight excluding hydrogens is 1340 g/mol. The van der Waals surface area contributed by atoms with Crippen molar-refractivity contribution in [2.75, 3.05) is 9.80 Å². The number of fused-ring (bicyclic) bond motifs is 10. The van der Waals surface area contributed by atoms with Crippen molar-refractivity contribution in [3.8, 4) is 84.2 Å². The first-order valence-electron chi connectivity index (χ1n) is 38.6. The van der Waals surface area contributed by atoms with Gasteiger partial charge in [0.1, 0.15) is 0 Å². The quantitative estimate of drug-likeness (QED) is 0.101. The SMILES string of the molecule is [C-]#[N+]c1ccc(-c2cc(-c3ccccc3)c(N3c4cc(-n5c6ccccc6c6ccccc65)ccc4B4c5ccc(-n6c7ccccc7c7ccccc76)cc5N(c5c(-c6ccccc6)cc(-c6ccc(C#N)cc6)cc5-c5cccc(C(C)(C)C)c5)c5cc(C(C)(C)C)cc3c54)c(-c3cccc(C(C)(C)C)c3)c2)cc1. The van der Waals surface area contributed by atoms with Gasteiger partial charge in [-0.25, -0.2) is 4.85 Å². The van der Waals surface area contributed by atoms with Crippen LogP contribution in [0.25, 0.3) is 127 Å².